The Morgan fingerprint density at radius 3 is 2.68 bits per heavy atom. The van der Waals surface area contributed by atoms with Crippen molar-refractivity contribution in [2.45, 2.75) is 32.4 Å². The molecule has 0 saturated carbocycles. The van der Waals surface area contributed by atoms with Gasteiger partial charge < -0.3 is 10.6 Å². The van der Waals surface area contributed by atoms with Crippen LogP contribution in [0.15, 0.2) is 24.3 Å². The van der Waals surface area contributed by atoms with E-state index in [4.69, 9.17) is 0 Å². The fourth-order valence-corrected chi connectivity index (χ4v) is 2.49. The molecule has 19 heavy (non-hydrogen) atoms. The summed E-state index contributed by atoms with van der Waals surface area (Å²) in [6.45, 7) is 9.84. The van der Waals surface area contributed by atoms with Crippen molar-refractivity contribution < 1.29 is 0 Å². The zero-order valence-corrected chi connectivity index (χ0v) is 12.4. The Morgan fingerprint density at radius 1 is 1.32 bits per heavy atom. The van der Waals surface area contributed by atoms with E-state index in [0.29, 0.717) is 12.0 Å². The molecule has 0 bridgehead atoms. The van der Waals surface area contributed by atoms with Gasteiger partial charge in [-0.25, -0.2) is 0 Å². The lowest BCUT2D eigenvalue weighted by atomic mass is 10.0. The summed E-state index contributed by atoms with van der Waals surface area (Å²) in [5.74, 6) is 0.615. The first kappa shape index (κ1) is 14.5. The van der Waals surface area contributed by atoms with Crippen LogP contribution in [0.25, 0.3) is 0 Å². The summed E-state index contributed by atoms with van der Waals surface area (Å²) in [5, 5.41) is 7.02. The van der Waals surface area contributed by atoms with Gasteiger partial charge in [0.2, 0.25) is 0 Å². The third kappa shape index (κ3) is 4.30. The SMILES string of the molecule is CC(C)c1ccc(CNCC2CNCCN2C)cc1. The van der Waals surface area contributed by atoms with Gasteiger partial charge in [0.15, 0.2) is 0 Å². The maximum Gasteiger partial charge on any atom is 0.0342 e. The number of rotatable bonds is 5. The molecule has 1 atom stereocenters. The van der Waals surface area contributed by atoms with Gasteiger partial charge in [-0.3, -0.25) is 4.90 Å². The molecule has 1 aliphatic rings. The number of hydrogen-bond acceptors (Lipinski definition) is 3. The predicted octanol–water partition coefficient (Wildman–Crippen LogP) is 1.80. The minimum atomic E-state index is 0.615. The van der Waals surface area contributed by atoms with Crippen molar-refractivity contribution in [3.05, 3.63) is 35.4 Å². The van der Waals surface area contributed by atoms with E-state index in [2.05, 4.69) is 60.7 Å². The Hall–Kier alpha value is -0.900. The Kier molecular flexibility index (Phi) is 5.37. The minimum absolute atomic E-state index is 0.615. The average molecular weight is 261 g/mol. The molecule has 1 unspecified atom stereocenters. The molecule has 1 heterocycles. The molecule has 1 aliphatic heterocycles. The van der Waals surface area contributed by atoms with E-state index in [-0.39, 0.29) is 0 Å². The van der Waals surface area contributed by atoms with Gasteiger partial charge in [-0.15, -0.1) is 0 Å². The first-order valence-corrected chi connectivity index (χ1v) is 7.37. The Bertz CT molecular complexity index is 372. The quantitative estimate of drug-likeness (QED) is 0.846. The third-order valence-electron chi connectivity index (χ3n) is 4.00. The van der Waals surface area contributed by atoms with Gasteiger partial charge in [-0.2, -0.15) is 0 Å². The molecule has 1 aromatic rings. The molecule has 2 rings (SSSR count). The Balaban J connectivity index is 1.75. The summed E-state index contributed by atoms with van der Waals surface area (Å²) in [5.41, 5.74) is 2.79. The molecule has 0 aromatic heterocycles. The van der Waals surface area contributed by atoms with Gasteiger partial charge in [0.05, 0.1) is 0 Å². The van der Waals surface area contributed by atoms with E-state index in [9.17, 15) is 0 Å². The first-order chi connectivity index (χ1) is 9.16. The fraction of sp³-hybridized carbons (Fsp3) is 0.625. The molecule has 3 nitrogen and oxygen atoms in total. The molecule has 1 fully saturated rings. The van der Waals surface area contributed by atoms with E-state index < -0.39 is 0 Å². The van der Waals surface area contributed by atoms with Gasteiger partial charge >= 0.3 is 0 Å². The maximum absolute atomic E-state index is 3.57. The minimum Gasteiger partial charge on any atom is -0.314 e. The molecule has 2 N–H and O–H groups in total. The molecule has 1 aromatic carbocycles. The number of nitrogens with one attached hydrogen (secondary N) is 2. The molecule has 0 aliphatic carbocycles. The fourth-order valence-electron chi connectivity index (χ4n) is 2.49. The molecule has 1 saturated heterocycles. The predicted molar refractivity (Wildman–Crippen MR) is 81.5 cm³/mol. The van der Waals surface area contributed by atoms with Crippen molar-refractivity contribution >= 4 is 0 Å². The smallest absolute Gasteiger partial charge is 0.0342 e. The average Bonchev–Trinajstić information content (AvgIpc) is 2.41. The molecule has 3 heteroatoms. The van der Waals surface area contributed by atoms with Crippen LogP contribution >= 0.6 is 0 Å². The summed E-state index contributed by atoms with van der Waals surface area (Å²) in [6, 6.07) is 9.59. The summed E-state index contributed by atoms with van der Waals surface area (Å²) >= 11 is 0. The number of nitrogens with zero attached hydrogens (tertiary/aromatic N) is 1. The van der Waals surface area contributed by atoms with Gasteiger partial charge in [0, 0.05) is 38.8 Å². The van der Waals surface area contributed by atoms with Crippen LogP contribution in [0.3, 0.4) is 0 Å². The van der Waals surface area contributed by atoms with Crippen LogP contribution < -0.4 is 10.6 Å². The highest BCUT2D eigenvalue weighted by molar-refractivity contribution is 5.24. The molecule has 0 spiro atoms. The maximum atomic E-state index is 3.57. The summed E-state index contributed by atoms with van der Waals surface area (Å²) < 4.78 is 0. The summed E-state index contributed by atoms with van der Waals surface area (Å²) in [4.78, 5) is 2.44. The number of likely N-dealkylation sites (N-methyl/N-ethyl adjacent to an activating group) is 1. The van der Waals surface area contributed by atoms with Crippen LogP contribution in [0, 0.1) is 0 Å². The van der Waals surface area contributed by atoms with E-state index >= 15 is 0 Å². The Labute approximate surface area is 117 Å². The molecule has 0 amide bonds. The van der Waals surface area contributed by atoms with Crippen molar-refractivity contribution in [1.82, 2.24) is 15.5 Å². The lowest BCUT2D eigenvalue weighted by molar-refractivity contribution is 0.195. The monoisotopic (exact) mass is 261 g/mol. The number of benzene rings is 1. The molecule has 0 radical (unpaired) electrons. The standard InChI is InChI=1S/C16H27N3/c1-13(2)15-6-4-14(5-7-15)10-18-12-16-11-17-8-9-19(16)3/h4-7,13,16-18H,8-12H2,1-3H3. The summed E-state index contributed by atoms with van der Waals surface area (Å²) in [7, 11) is 2.21. The van der Waals surface area contributed by atoms with Crippen LogP contribution in [0.5, 0.6) is 0 Å². The first-order valence-electron chi connectivity index (χ1n) is 7.37. The second-order valence-electron chi connectivity index (χ2n) is 5.87. The van der Waals surface area contributed by atoms with Crippen molar-refractivity contribution in [2.24, 2.45) is 0 Å². The summed E-state index contributed by atoms with van der Waals surface area (Å²) in [6.07, 6.45) is 0. The zero-order chi connectivity index (χ0) is 13.7. The van der Waals surface area contributed by atoms with E-state index in [1.54, 1.807) is 0 Å². The van der Waals surface area contributed by atoms with Crippen molar-refractivity contribution in [3.8, 4) is 0 Å². The van der Waals surface area contributed by atoms with Crippen LogP contribution in [0.2, 0.25) is 0 Å². The van der Waals surface area contributed by atoms with Crippen LogP contribution in [0.1, 0.15) is 30.9 Å². The molecule has 106 valence electrons. The second kappa shape index (κ2) is 7.04. The van der Waals surface area contributed by atoms with Crippen molar-refractivity contribution in [1.29, 1.82) is 0 Å². The van der Waals surface area contributed by atoms with Crippen LogP contribution in [-0.4, -0.2) is 44.2 Å². The normalized spacial score (nSPS) is 20.9. The lowest BCUT2D eigenvalue weighted by Crippen LogP contribution is -2.53. The van der Waals surface area contributed by atoms with E-state index in [1.807, 2.05) is 0 Å². The van der Waals surface area contributed by atoms with Crippen LogP contribution in [0.4, 0.5) is 0 Å². The zero-order valence-electron chi connectivity index (χ0n) is 12.4. The molecular formula is C16H27N3. The van der Waals surface area contributed by atoms with Crippen molar-refractivity contribution in [3.63, 3.8) is 0 Å². The van der Waals surface area contributed by atoms with Gasteiger partial charge in [-0.05, 0) is 24.1 Å². The van der Waals surface area contributed by atoms with E-state index in [0.717, 1.165) is 32.7 Å². The second-order valence-corrected chi connectivity index (χ2v) is 5.87. The largest absolute Gasteiger partial charge is 0.314 e. The van der Waals surface area contributed by atoms with Crippen LogP contribution in [-0.2, 0) is 6.54 Å². The van der Waals surface area contributed by atoms with Gasteiger partial charge in [0.25, 0.3) is 0 Å². The van der Waals surface area contributed by atoms with Gasteiger partial charge in [0.1, 0.15) is 0 Å². The third-order valence-corrected chi connectivity index (χ3v) is 4.00. The van der Waals surface area contributed by atoms with Crippen molar-refractivity contribution in [2.75, 3.05) is 33.2 Å². The highest BCUT2D eigenvalue weighted by atomic mass is 15.2. The topological polar surface area (TPSA) is 27.3 Å². The van der Waals surface area contributed by atoms with E-state index in [1.165, 1.54) is 11.1 Å². The Morgan fingerprint density at radius 2 is 2.05 bits per heavy atom. The molecular weight excluding hydrogens is 234 g/mol. The van der Waals surface area contributed by atoms with Gasteiger partial charge in [-0.1, -0.05) is 38.1 Å². The lowest BCUT2D eigenvalue weighted by Gasteiger charge is -2.33. The number of piperazine rings is 1. The number of hydrogen-bond donors (Lipinski definition) is 2. The highest BCUT2D eigenvalue weighted by Gasteiger charge is 2.17. The highest BCUT2D eigenvalue weighted by Crippen LogP contribution is 2.14.